The van der Waals surface area contributed by atoms with Gasteiger partial charge in [0.15, 0.2) is 0 Å². The second-order valence-corrected chi connectivity index (χ2v) is 6.51. The van der Waals surface area contributed by atoms with Crippen LogP contribution in [0.2, 0.25) is 0 Å². The summed E-state index contributed by atoms with van der Waals surface area (Å²) in [5.74, 6) is 0.149. The largest absolute Gasteiger partial charge is 0.432 e. The molecule has 3 N–H and O–H groups in total. The van der Waals surface area contributed by atoms with Crippen LogP contribution in [0.25, 0.3) is 0 Å². The van der Waals surface area contributed by atoms with Gasteiger partial charge in [-0.05, 0) is 25.7 Å². The molecule has 2 aliphatic rings. The van der Waals surface area contributed by atoms with Gasteiger partial charge in [0.05, 0.1) is 11.7 Å². The Bertz CT molecular complexity index is 598. The van der Waals surface area contributed by atoms with Crippen LogP contribution < -0.4 is 5.73 Å². The number of piperidine rings is 1. The molecule has 0 saturated carbocycles. The minimum absolute atomic E-state index is 0. The zero-order chi connectivity index (χ0) is 17.4. The molecular weight excluding hydrogens is 396 g/mol. The zero-order valence-electron chi connectivity index (χ0n) is 14.1. The Morgan fingerprint density at radius 1 is 1.27 bits per heavy atom. The number of ether oxygens (including phenoxy) is 1. The maximum absolute atomic E-state index is 12.6. The van der Waals surface area contributed by atoms with Gasteiger partial charge >= 0.3 is 6.18 Å². The third-order valence-corrected chi connectivity index (χ3v) is 4.88. The van der Waals surface area contributed by atoms with Gasteiger partial charge in [0.1, 0.15) is 11.5 Å². The summed E-state index contributed by atoms with van der Waals surface area (Å²) < 4.78 is 43.2. The fourth-order valence-corrected chi connectivity index (χ4v) is 3.31. The second-order valence-electron chi connectivity index (χ2n) is 6.51. The number of likely N-dealkylation sites (tertiary alicyclic amines) is 1. The SMILES string of the molecule is Cl.Cl.NC1(C(=O)N2CCC(c3ncc(C(F)(F)F)[nH]3)CC2)CCOCC1. The topological polar surface area (TPSA) is 84.2 Å². The summed E-state index contributed by atoms with van der Waals surface area (Å²) in [6, 6.07) is 0. The molecule has 2 fully saturated rings. The van der Waals surface area contributed by atoms with Crippen molar-refractivity contribution in [3.63, 3.8) is 0 Å². The number of nitrogens with zero attached hydrogens (tertiary/aromatic N) is 2. The molecule has 11 heteroatoms. The zero-order valence-corrected chi connectivity index (χ0v) is 15.7. The Labute approximate surface area is 161 Å². The number of H-pyrrole nitrogens is 1. The van der Waals surface area contributed by atoms with Crippen molar-refractivity contribution in [3.8, 4) is 0 Å². The van der Waals surface area contributed by atoms with Crippen LogP contribution in [0.4, 0.5) is 13.2 Å². The summed E-state index contributed by atoms with van der Waals surface area (Å²) in [6.45, 7) is 1.91. The Balaban J connectivity index is 0.00000169. The number of alkyl halides is 3. The van der Waals surface area contributed by atoms with Crippen molar-refractivity contribution in [3.05, 3.63) is 17.7 Å². The molecule has 0 aliphatic carbocycles. The molecule has 1 aromatic heterocycles. The van der Waals surface area contributed by atoms with E-state index >= 15 is 0 Å². The highest BCUT2D eigenvalue weighted by molar-refractivity contribution is 5.86. The maximum Gasteiger partial charge on any atom is 0.432 e. The van der Waals surface area contributed by atoms with Crippen LogP contribution in [0.5, 0.6) is 0 Å². The predicted octanol–water partition coefficient (Wildman–Crippen LogP) is 2.49. The van der Waals surface area contributed by atoms with Crippen molar-refractivity contribution >= 4 is 30.7 Å². The molecule has 26 heavy (non-hydrogen) atoms. The molecule has 1 amide bonds. The van der Waals surface area contributed by atoms with Crippen molar-refractivity contribution in [2.24, 2.45) is 5.73 Å². The minimum atomic E-state index is -4.42. The van der Waals surface area contributed by atoms with E-state index in [2.05, 4.69) is 9.97 Å². The summed E-state index contributed by atoms with van der Waals surface area (Å²) in [6.07, 6.45) is -1.45. The molecule has 0 atom stereocenters. The first-order valence-corrected chi connectivity index (χ1v) is 8.08. The van der Waals surface area contributed by atoms with Gasteiger partial charge in [-0.15, -0.1) is 24.8 Å². The van der Waals surface area contributed by atoms with E-state index in [1.165, 1.54) is 0 Å². The van der Waals surface area contributed by atoms with Gasteiger partial charge in [0.25, 0.3) is 0 Å². The Morgan fingerprint density at radius 2 is 1.85 bits per heavy atom. The molecule has 3 heterocycles. The molecule has 3 rings (SSSR count). The number of aromatic nitrogens is 2. The summed E-state index contributed by atoms with van der Waals surface area (Å²) in [7, 11) is 0. The Morgan fingerprint density at radius 3 is 2.35 bits per heavy atom. The van der Waals surface area contributed by atoms with Gasteiger partial charge in [-0.2, -0.15) is 13.2 Å². The number of amides is 1. The Hall–Kier alpha value is -1.03. The van der Waals surface area contributed by atoms with E-state index in [1.54, 1.807) is 4.90 Å². The van der Waals surface area contributed by atoms with Crippen molar-refractivity contribution in [1.29, 1.82) is 0 Å². The summed E-state index contributed by atoms with van der Waals surface area (Å²) >= 11 is 0. The van der Waals surface area contributed by atoms with E-state index in [0.29, 0.717) is 57.8 Å². The van der Waals surface area contributed by atoms with Crippen LogP contribution in [0, 0.1) is 0 Å². The molecule has 150 valence electrons. The average molecular weight is 419 g/mol. The van der Waals surface area contributed by atoms with Gasteiger partial charge in [0, 0.05) is 32.2 Å². The van der Waals surface area contributed by atoms with Crippen molar-refractivity contribution in [2.75, 3.05) is 26.3 Å². The van der Waals surface area contributed by atoms with Crippen LogP contribution in [0.15, 0.2) is 6.20 Å². The first kappa shape index (κ1) is 23.0. The molecule has 0 aromatic carbocycles. The molecule has 2 aliphatic heterocycles. The molecule has 0 bridgehead atoms. The van der Waals surface area contributed by atoms with Crippen LogP contribution in [-0.2, 0) is 15.7 Å². The number of hydrogen-bond donors (Lipinski definition) is 2. The third-order valence-electron chi connectivity index (χ3n) is 4.88. The van der Waals surface area contributed by atoms with Crippen LogP contribution in [0.3, 0.4) is 0 Å². The second kappa shape index (κ2) is 8.77. The molecular formula is C15H23Cl2F3N4O2. The smallest absolute Gasteiger partial charge is 0.381 e. The van der Waals surface area contributed by atoms with Crippen molar-refractivity contribution < 1.29 is 22.7 Å². The number of imidazole rings is 1. The number of rotatable bonds is 2. The lowest BCUT2D eigenvalue weighted by Gasteiger charge is -2.39. The van der Waals surface area contributed by atoms with E-state index in [0.717, 1.165) is 6.20 Å². The van der Waals surface area contributed by atoms with Crippen LogP contribution >= 0.6 is 24.8 Å². The van der Waals surface area contributed by atoms with Gasteiger partial charge in [-0.3, -0.25) is 4.79 Å². The molecule has 2 saturated heterocycles. The lowest BCUT2D eigenvalue weighted by molar-refractivity contribution is -0.141. The lowest BCUT2D eigenvalue weighted by Crippen LogP contribution is -2.59. The van der Waals surface area contributed by atoms with Gasteiger partial charge in [0.2, 0.25) is 5.91 Å². The molecule has 0 spiro atoms. The number of nitrogens with one attached hydrogen (secondary N) is 1. The predicted molar refractivity (Wildman–Crippen MR) is 93.6 cm³/mol. The van der Waals surface area contributed by atoms with Gasteiger partial charge in [-0.25, -0.2) is 4.98 Å². The summed E-state index contributed by atoms with van der Waals surface area (Å²) in [5.41, 5.74) is 4.51. The van der Waals surface area contributed by atoms with E-state index in [1.807, 2.05) is 0 Å². The monoisotopic (exact) mass is 418 g/mol. The quantitative estimate of drug-likeness (QED) is 0.772. The van der Waals surface area contributed by atoms with E-state index in [-0.39, 0.29) is 36.6 Å². The summed E-state index contributed by atoms with van der Waals surface area (Å²) in [5, 5.41) is 0. The fourth-order valence-electron chi connectivity index (χ4n) is 3.31. The summed E-state index contributed by atoms with van der Waals surface area (Å²) in [4.78, 5) is 20.6. The molecule has 6 nitrogen and oxygen atoms in total. The number of aromatic amines is 1. The fraction of sp³-hybridized carbons (Fsp3) is 0.733. The molecule has 0 radical (unpaired) electrons. The number of nitrogens with two attached hydrogens (primary N) is 1. The van der Waals surface area contributed by atoms with Crippen molar-refractivity contribution in [1.82, 2.24) is 14.9 Å². The first-order chi connectivity index (χ1) is 11.3. The highest BCUT2D eigenvalue weighted by Gasteiger charge is 2.40. The normalized spacial score (nSPS) is 20.8. The van der Waals surface area contributed by atoms with Gasteiger partial charge < -0.3 is 20.4 Å². The number of halogens is 5. The lowest BCUT2D eigenvalue weighted by atomic mass is 9.88. The first-order valence-electron chi connectivity index (χ1n) is 8.08. The molecule has 0 unspecified atom stereocenters. The minimum Gasteiger partial charge on any atom is -0.381 e. The number of hydrogen-bond acceptors (Lipinski definition) is 4. The van der Waals surface area contributed by atoms with E-state index < -0.39 is 17.4 Å². The highest BCUT2D eigenvalue weighted by Crippen LogP contribution is 2.32. The van der Waals surface area contributed by atoms with Crippen LogP contribution in [-0.4, -0.2) is 52.6 Å². The van der Waals surface area contributed by atoms with E-state index in [9.17, 15) is 18.0 Å². The average Bonchev–Trinajstić information content (AvgIpc) is 3.05. The highest BCUT2D eigenvalue weighted by atomic mass is 35.5. The van der Waals surface area contributed by atoms with Crippen LogP contribution in [0.1, 0.15) is 43.1 Å². The Kier molecular flexibility index (Phi) is 7.76. The number of carbonyl (C=O) groups is 1. The van der Waals surface area contributed by atoms with Crippen molar-refractivity contribution in [2.45, 2.75) is 43.3 Å². The number of carbonyl (C=O) groups excluding carboxylic acids is 1. The van der Waals surface area contributed by atoms with Gasteiger partial charge in [-0.1, -0.05) is 0 Å². The maximum atomic E-state index is 12.6. The standard InChI is InChI=1S/C15H21F3N4O2.2ClH/c16-15(17,18)11-9-20-12(21-11)10-1-5-22(6-2-10)13(23)14(19)3-7-24-8-4-14;;/h9-10H,1-8,19H2,(H,20,21);2*1H. The van der Waals surface area contributed by atoms with E-state index in [4.69, 9.17) is 10.5 Å². The molecule has 1 aromatic rings. The third kappa shape index (κ3) is 4.82.